The predicted molar refractivity (Wildman–Crippen MR) is 106 cm³/mol. The topological polar surface area (TPSA) is 93.3 Å². The highest BCUT2D eigenvalue weighted by atomic mass is 32.1. The maximum Gasteiger partial charge on any atom is 0.433 e. The Morgan fingerprint density at radius 2 is 1.97 bits per heavy atom. The van der Waals surface area contributed by atoms with Crippen molar-refractivity contribution >= 4 is 23.0 Å². The molecule has 2 rings (SSSR count). The number of aryl methyl sites for hydroxylation is 1. The van der Waals surface area contributed by atoms with E-state index < -0.39 is 35.3 Å². The highest BCUT2D eigenvalue weighted by Gasteiger charge is 2.40. The van der Waals surface area contributed by atoms with Crippen molar-refractivity contribution in [3.8, 4) is 11.5 Å². The average molecular weight is 430 g/mol. The second-order valence-corrected chi connectivity index (χ2v) is 7.31. The van der Waals surface area contributed by atoms with Gasteiger partial charge in [-0.15, -0.1) is 0 Å². The van der Waals surface area contributed by atoms with Crippen molar-refractivity contribution in [3.05, 3.63) is 45.1 Å². The van der Waals surface area contributed by atoms with Crippen molar-refractivity contribution in [1.82, 2.24) is 0 Å². The molecule has 9 heteroatoms. The molecule has 1 aromatic carbocycles. The summed E-state index contributed by atoms with van der Waals surface area (Å²) in [5.74, 6) is -1.54. The fourth-order valence-corrected chi connectivity index (χ4v) is 3.70. The van der Waals surface area contributed by atoms with E-state index in [-0.39, 0.29) is 17.7 Å². The zero-order valence-electron chi connectivity index (χ0n) is 16.0. The van der Waals surface area contributed by atoms with Gasteiger partial charge < -0.3 is 14.9 Å². The smallest absolute Gasteiger partial charge is 0.433 e. The van der Waals surface area contributed by atoms with Crippen molar-refractivity contribution in [1.29, 1.82) is 5.41 Å². The van der Waals surface area contributed by atoms with E-state index >= 15 is 0 Å². The van der Waals surface area contributed by atoms with Crippen LogP contribution in [0.25, 0.3) is 0 Å². The van der Waals surface area contributed by atoms with Crippen LogP contribution in [0.2, 0.25) is 0 Å². The number of hydrogen-bond acceptors (Lipinski definition) is 4. The number of alkyl halides is 3. The van der Waals surface area contributed by atoms with Crippen LogP contribution in [0, 0.1) is 5.41 Å². The fraction of sp³-hybridized carbons (Fsp3) is 0.400. The van der Waals surface area contributed by atoms with Crippen LogP contribution in [0.5, 0.6) is 11.5 Å². The van der Waals surface area contributed by atoms with Crippen LogP contribution in [-0.2, 0) is 17.6 Å². The molecule has 2 aromatic rings. The summed E-state index contributed by atoms with van der Waals surface area (Å²) in [6.45, 7) is 3.64. The van der Waals surface area contributed by atoms with E-state index in [4.69, 9.17) is 15.3 Å². The van der Waals surface area contributed by atoms with Crippen LogP contribution in [0.3, 0.4) is 0 Å². The van der Waals surface area contributed by atoms with Gasteiger partial charge in [-0.25, -0.2) is 4.79 Å². The molecule has 0 aliphatic carbocycles. The first-order valence-electron chi connectivity index (χ1n) is 9.09. The number of rotatable bonds is 9. The first kappa shape index (κ1) is 22.7. The van der Waals surface area contributed by atoms with Crippen LogP contribution in [0.1, 0.15) is 55.0 Å². The van der Waals surface area contributed by atoms with Crippen molar-refractivity contribution in [3.63, 3.8) is 0 Å². The van der Waals surface area contributed by atoms with E-state index in [1.807, 2.05) is 6.92 Å². The molecule has 0 aliphatic heterocycles. The minimum atomic E-state index is -4.88. The zero-order valence-corrected chi connectivity index (χ0v) is 16.8. The fourth-order valence-electron chi connectivity index (χ4n) is 3.03. The maximum absolute atomic E-state index is 13.1. The molecule has 1 unspecified atom stereocenters. The highest BCUT2D eigenvalue weighted by molar-refractivity contribution is 7.08. The summed E-state index contributed by atoms with van der Waals surface area (Å²) < 4.78 is 45.2. The van der Waals surface area contributed by atoms with Gasteiger partial charge in [0.25, 0.3) is 5.75 Å². The van der Waals surface area contributed by atoms with Crippen LogP contribution >= 0.6 is 11.3 Å². The monoisotopic (exact) mass is 430 g/mol. The third kappa shape index (κ3) is 5.09. The summed E-state index contributed by atoms with van der Waals surface area (Å²) in [7, 11) is 0. The van der Waals surface area contributed by atoms with Gasteiger partial charge in [0.2, 0.25) is 6.10 Å². The lowest BCUT2D eigenvalue weighted by molar-refractivity contribution is -0.145. The van der Waals surface area contributed by atoms with Gasteiger partial charge >= 0.3 is 12.1 Å². The van der Waals surface area contributed by atoms with Gasteiger partial charge in [-0.1, -0.05) is 26.7 Å². The lowest BCUT2D eigenvalue weighted by Gasteiger charge is -2.21. The zero-order chi connectivity index (χ0) is 21.8. The van der Waals surface area contributed by atoms with Gasteiger partial charge in [0.05, 0.1) is 5.56 Å². The van der Waals surface area contributed by atoms with Crippen LogP contribution in [-0.4, -0.2) is 28.1 Å². The third-order valence-corrected chi connectivity index (χ3v) is 5.03. The highest BCUT2D eigenvalue weighted by Crippen LogP contribution is 2.41. The van der Waals surface area contributed by atoms with Gasteiger partial charge in [-0.05, 0) is 41.3 Å². The van der Waals surface area contributed by atoms with Crippen molar-refractivity contribution in [2.45, 2.75) is 51.8 Å². The Morgan fingerprint density at radius 1 is 1.31 bits per heavy atom. The predicted octanol–water partition coefficient (Wildman–Crippen LogP) is 5.23. The first-order chi connectivity index (χ1) is 13.6. The molecule has 1 atom stereocenters. The minimum absolute atomic E-state index is 0.135. The van der Waals surface area contributed by atoms with Gasteiger partial charge in [-0.3, -0.25) is 5.41 Å². The Labute approximate surface area is 170 Å². The van der Waals surface area contributed by atoms with Gasteiger partial charge in [-0.2, -0.15) is 24.5 Å². The van der Waals surface area contributed by atoms with Gasteiger partial charge in [0.1, 0.15) is 11.3 Å². The molecule has 0 aliphatic rings. The van der Waals surface area contributed by atoms with E-state index in [1.165, 1.54) is 11.3 Å². The summed E-state index contributed by atoms with van der Waals surface area (Å²) in [5.41, 5.74) is -1.11. The standard InChI is InChI=1S/C20H22F3NO4S/c1-3-5-11-9-14(18(24)20(21,22)23)15(25)13(6-4-2)16(11)28-17(19(26)27)12-7-8-29-10-12/h7-10,17,24-25H,3-6H2,1-2H3,(H,26,27)/p+1. The number of hydrogen-bond donors (Lipinski definition) is 2. The van der Waals surface area contributed by atoms with Crippen LogP contribution < -0.4 is 4.74 Å². The van der Waals surface area contributed by atoms with Crippen molar-refractivity contribution in [2.75, 3.05) is 0 Å². The Kier molecular flexibility index (Phi) is 7.29. The maximum atomic E-state index is 13.1. The Hall–Kier alpha value is -2.55. The number of aliphatic carboxylic acids is 1. The van der Waals surface area contributed by atoms with Gasteiger partial charge in [0.15, 0.2) is 5.71 Å². The van der Waals surface area contributed by atoms with E-state index in [0.717, 1.165) is 6.07 Å². The number of carbonyl (C=O) groups is 1. The Bertz CT molecular complexity index is 879. The quantitative estimate of drug-likeness (QED) is 0.422. The Balaban J connectivity index is 2.67. The molecule has 0 saturated carbocycles. The minimum Gasteiger partial charge on any atom is -0.593 e. The lowest BCUT2D eigenvalue weighted by atomic mass is 9.94. The molecule has 158 valence electrons. The molecule has 5 nitrogen and oxygen atoms in total. The number of carboxylic acids is 1. The molecule has 1 aromatic heterocycles. The molecule has 29 heavy (non-hydrogen) atoms. The molecular weight excluding hydrogens is 407 g/mol. The molecule has 0 amide bonds. The molecule has 1 heterocycles. The van der Waals surface area contributed by atoms with E-state index in [9.17, 15) is 23.1 Å². The Morgan fingerprint density at radius 3 is 2.45 bits per heavy atom. The number of halogens is 3. The summed E-state index contributed by atoms with van der Waals surface area (Å²) in [4.78, 5) is 11.8. The van der Waals surface area contributed by atoms with Crippen molar-refractivity contribution < 1.29 is 32.9 Å². The molecule has 0 saturated heterocycles. The number of nitrogens with one attached hydrogen (secondary N) is 1. The average Bonchev–Trinajstić information content (AvgIpc) is 3.16. The van der Waals surface area contributed by atoms with E-state index in [0.29, 0.717) is 30.4 Å². The lowest BCUT2D eigenvalue weighted by Crippen LogP contribution is -2.24. The number of carboxylic acid groups (broad SMARTS) is 1. The number of thiophene rings is 1. The first-order valence-corrected chi connectivity index (χ1v) is 10.0. The second kappa shape index (κ2) is 9.30. The summed E-state index contributed by atoms with van der Waals surface area (Å²) in [5, 5.41) is 28.7. The number of ether oxygens (including phenoxy) is 1. The third-order valence-electron chi connectivity index (χ3n) is 4.33. The van der Waals surface area contributed by atoms with Crippen molar-refractivity contribution in [2.24, 2.45) is 0 Å². The van der Waals surface area contributed by atoms with E-state index in [1.54, 1.807) is 23.8 Å². The van der Waals surface area contributed by atoms with E-state index in [2.05, 4.69) is 0 Å². The summed E-state index contributed by atoms with van der Waals surface area (Å²) in [6, 6.07) is 2.75. The van der Waals surface area contributed by atoms with Crippen LogP contribution in [0.4, 0.5) is 13.2 Å². The molecule has 4 N–H and O–H groups in total. The normalized spacial score (nSPS) is 12.6. The summed E-state index contributed by atoms with van der Waals surface area (Å²) in [6.07, 6.45) is -4.55. The van der Waals surface area contributed by atoms with Crippen LogP contribution in [0.15, 0.2) is 22.9 Å². The molecular formula is C20H23F3NO4S+. The number of benzene rings is 1. The molecule has 0 radical (unpaired) electrons. The largest absolute Gasteiger partial charge is 0.593 e. The summed E-state index contributed by atoms with van der Waals surface area (Å²) >= 11 is 1.30. The SMILES string of the molecule is CCCc1cc(C(=N)C(F)(F)F)c([OH2+])c(CCC)c1OC(C(=O)O)c1ccsc1. The molecule has 0 bridgehead atoms. The molecule has 0 spiro atoms. The molecule has 0 fully saturated rings. The second-order valence-electron chi connectivity index (χ2n) is 6.53. The van der Waals surface area contributed by atoms with Gasteiger partial charge in [0, 0.05) is 5.56 Å².